The van der Waals surface area contributed by atoms with Gasteiger partial charge in [0.05, 0.1) is 12.4 Å². The molecule has 1 fully saturated rings. The Kier molecular flexibility index (Phi) is 8.34. The van der Waals surface area contributed by atoms with Crippen molar-refractivity contribution in [2.75, 3.05) is 13.1 Å². The highest BCUT2D eigenvalue weighted by atomic mass is 16.4. The van der Waals surface area contributed by atoms with Gasteiger partial charge in [-0.15, -0.1) is 0 Å². The topological polar surface area (TPSA) is 171 Å². The molecule has 0 saturated carbocycles. The summed E-state index contributed by atoms with van der Waals surface area (Å²) in [6, 6.07) is -2.43. The van der Waals surface area contributed by atoms with Gasteiger partial charge in [0.25, 0.3) is 0 Å². The molecule has 1 saturated heterocycles. The number of carbonyl (C=O) groups is 4. The lowest BCUT2D eigenvalue weighted by molar-refractivity contribution is -0.141. The van der Waals surface area contributed by atoms with Crippen molar-refractivity contribution in [2.45, 2.75) is 57.7 Å². The number of carbonyl (C=O) groups excluding carboxylic acids is 3. The number of likely N-dealkylation sites (tertiary alicyclic amines) is 1. The standard InChI is InChI=1S/C19H30N6O5/c1-3-11(2)16(18(29)22-9-15(26)27)24-17(28)14-5-4-6-25(14)19(30)13(20)7-12-8-21-10-23-12/h8,10-11,13-14,16H,3-7,9,20H2,1-2H3,(H,21,23)(H,22,29)(H,24,28)(H,26,27). The summed E-state index contributed by atoms with van der Waals surface area (Å²) in [5.74, 6) is -2.72. The Balaban J connectivity index is 2.03. The predicted octanol–water partition coefficient (Wildman–Crippen LogP) is -0.998. The summed E-state index contributed by atoms with van der Waals surface area (Å²) in [4.78, 5) is 57.1. The van der Waals surface area contributed by atoms with Gasteiger partial charge in [-0.1, -0.05) is 20.3 Å². The second-order valence-corrected chi connectivity index (χ2v) is 7.56. The summed E-state index contributed by atoms with van der Waals surface area (Å²) in [6.07, 6.45) is 5.10. The molecule has 1 aromatic rings. The first-order chi connectivity index (χ1) is 14.2. The Hall–Kier alpha value is -2.95. The molecular weight excluding hydrogens is 392 g/mol. The van der Waals surface area contributed by atoms with E-state index in [1.54, 1.807) is 13.1 Å². The number of imidazole rings is 1. The van der Waals surface area contributed by atoms with Gasteiger partial charge >= 0.3 is 5.97 Å². The van der Waals surface area contributed by atoms with Gasteiger partial charge in [0, 0.05) is 24.9 Å². The highest BCUT2D eigenvalue weighted by Gasteiger charge is 2.38. The first-order valence-electron chi connectivity index (χ1n) is 10.1. The van der Waals surface area contributed by atoms with Crippen LogP contribution in [0.5, 0.6) is 0 Å². The van der Waals surface area contributed by atoms with Crippen LogP contribution < -0.4 is 16.4 Å². The van der Waals surface area contributed by atoms with Crippen molar-refractivity contribution in [3.8, 4) is 0 Å². The van der Waals surface area contributed by atoms with Gasteiger partial charge in [-0.05, 0) is 18.8 Å². The van der Waals surface area contributed by atoms with Gasteiger partial charge < -0.3 is 31.4 Å². The number of hydrogen-bond donors (Lipinski definition) is 5. The van der Waals surface area contributed by atoms with Crippen LogP contribution in [0.1, 0.15) is 38.8 Å². The second-order valence-electron chi connectivity index (χ2n) is 7.56. The van der Waals surface area contributed by atoms with Crippen molar-refractivity contribution in [1.29, 1.82) is 0 Å². The van der Waals surface area contributed by atoms with Crippen molar-refractivity contribution in [1.82, 2.24) is 25.5 Å². The number of aromatic amines is 1. The Labute approximate surface area is 174 Å². The number of aromatic nitrogens is 2. The van der Waals surface area contributed by atoms with Gasteiger partial charge in [0.2, 0.25) is 17.7 Å². The largest absolute Gasteiger partial charge is 0.480 e. The third-order valence-electron chi connectivity index (χ3n) is 5.36. The molecule has 2 rings (SSSR count). The summed E-state index contributed by atoms with van der Waals surface area (Å²) >= 11 is 0. The first-order valence-corrected chi connectivity index (χ1v) is 10.1. The van der Waals surface area contributed by atoms with Crippen molar-refractivity contribution in [2.24, 2.45) is 11.7 Å². The Bertz CT molecular complexity index is 753. The fraction of sp³-hybridized carbons (Fsp3) is 0.632. The van der Waals surface area contributed by atoms with Crippen LogP contribution in [-0.2, 0) is 25.6 Å². The lowest BCUT2D eigenvalue weighted by atomic mass is 9.97. The molecule has 11 heteroatoms. The number of nitrogens with two attached hydrogens (primary N) is 1. The van der Waals surface area contributed by atoms with Crippen LogP contribution in [0.3, 0.4) is 0 Å². The van der Waals surface area contributed by atoms with Crippen LogP contribution in [0.25, 0.3) is 0 Å². The zero-order valence-electron chi connectivity index (χ0n) is 17.3. The maximum Gasteiger partial charge on any atom is 0.322 e. The molecule has 4 unspecified atom stereocenters. The molecule has 6 N–H and O–H groups in total. The molecule has 1 aliphatic rings. The van der Waals surface area contributed by atoms with E-state index in [0.29, 0.717) is 25.8 Å². The SMILES string of the molecule is CCC(C)C(NC(=O)C1CCCN1C(=O)C(N)Cc1cnc[nH]1)C(=O)NCC(=O)O. The number of carboxylic acid groups (broad SMARTS) is 1. The average Bonchev–Trinajstić information content (AvgIpc) is 3.40. The zero-order chi connectivity index (χ0) is 22.3. The number of amides is 3. The molecule has 11 nitrogen and oxygen atoms in total. The van der Waals surface area contributed by atoms with Gasteiger partial charge in [0.1, 0.15) is 18.6 Å². The van der Waals surface area contributed by atoms with Crippen LogP contribution in [0.2, 0.25) is 0 Å². The number of aliphatic carboxylic acids is 1. The quantitative estimate of drug-likeness (QED) is 0.322. The fourth-order valence-corrected chi connectivity index (χ4v) is 3.46. The minimum Gasteiger partial charge on any atom is -0.480 e. The third kappa shape index (κ3) is 6.02. The van der Waals surface area contributed by atoms with E-state index in [1.807, 2.05) is 6.92 Å². The third-order valence-corrected chi connectivity index (χ3v) is 5.36. The Morgan fingerprint density at radius 2 is 2.13 bits per heavy atom. The van der Waals surface area contributed by atoms with E-state index in [-0.39, 0.29) is 18.2 Å². The first kappa shape index (κ1) is 23.3. The number of nitrogens with one attached hydrogen (secondary N) is 3. The lowest BCUT2D eigenvalue weighted by Gasteiger charge is -2.29. The fourth-order valence-electron chi connectivity index (χ4n) is 3.46. The van der Waals surface area contributed by atoms with Gasteiger partial charge in [-0.25, -0.2) is 4.98 Å². The number of nitrogens with zero attached hydrogens (tertiary/aromatic N) is 2. The smallest absolute Gasteiger partial charge is 0.322 e. The molecule has 0 aromatic carbocycles. The zero-order valence-corrected chi connectivity index (χ0v) is 17.3. The molecule has 4 atom stereocenters. The Morgan fingerprint density at radius 3 is 2.73 bits per heavy atom. The van der Waals surface area contributed by atoms with E-state index in [1.165, 1.54) is 11.2 Å². The van der Waals surface area contributed by atoms with Gasteiger partial charge in [-0.2, -0.15) is 0 Å². The van der Waals surface area contributed by atoms with Crippen molar-refractivity contribution >= 4 is 23.7 Å². The van der Waals surface area contributed by atoms with E-state index >= 15 is 0 Å². The van der Waals surface area contributed by atoms with E-state index in [9.17, 15) is 19.2 Å². The summed E-state index contributed by atoms with van der Waals surface area (Å²) < 4.78 is 0. The molecule has 0 bridgehead atoms. The normalized spacial score (nSPS) is 19.0. The van der Waals surface area contributed by atoms with Crippen LogP contribution in [0.4, 0.5) is 0 Å². The van der Waals surface area contributed by atoms with Crippen molar-refractivity contribution in [3.63, 3.8) is 0 Å². The Morgan fingerprint density at radius 1 is 1.40 bits per heavy atom. The molecule has 1 aliphatic heterocycles. The summed E-state index contributed by atoms with van der Waals surface area (Å²) in [7, 11) is 0. The molecular formula is C19H30N6O5. The van der Waals surface area contributed by atoms with Crippen LogP contribution >= 0.6 is 0 Å². The monoisotopic (exact) mass is 422 g/mol. The summed E-state index contributed by atoms with van der Waals surface area (Å²) in [5, 5.41) is 13.8. The number of hydrogen-bond acceptors (Lipinski definition) is 6. The lowest BCUT2D eigenvalue weighted by Crippen LogP contribution is -2.57. The maximum absolute atomic E-state index is 12.9. The minimum atomic E-state index is -1.17. The predicted molar refractivity (Wildman–Crippen MR) is 107 cm³/mol. The minimum absolute atomic E-state index is 0.212. The van der Waals surface area contributed by atoms with Gasteiger partial charge in [-0.3, -0.25) is 19.2 Å². The molecule has 166 valence electrons. The molecule has 1 aromatic heterocycles. The average molecular weight is 422 g/mol. The van der Waals surface area contributed by atoms with Crippen LogP contribution in [0, 0.1) is 5.92 Å². The highest BCUT2D eigenvalue weighted by molar-refractivity contribution is 5.94. The summed E-state index contributed by atoms with van der Waals surface area (Å²) in [5.41, 5.74) is 6.77. The number of H-pyrrole nitrogens is 1. The van der Waals surface area contributed by atoms with E-state index < -0.39 is 42.5 Å². The molecule has 3 amide bonds. The maximum atomic E-state index is 12.9. The molecule has 30 heavy (non-hydrogen) atoms. The van der Waals surface area contributed by atoms with E-state index in [4.69, 9.17) is 10.8 Å². The number of rotatable bonds is 10. The van der Waals surface area contributed by atoms with Gasteiger partial charge in [0.15, 0.2) is 0 Å². The summed E-state index contributed by atoms with van der Waals surface area (Å²) in [6.45, 7) is 3.54. The number of carboxylic acids is 1. The van der Waals surface area contributed by atoms with Crippen molar-refractivity contribution < 1.29 is 24.3 Å². The van der Waals surface area contributed by atoms with Crippen molar-refractivity contribution in [3.05, 3.63) is 18.2 Å². The van der Waals surface area contributed by atoms with Crippen LogP contribution in [0.15, 0.2) is 12.5 Å². The second kappa shape index (κ2) is 10.7. The highest BCUT2D eigenvalue weighted by Crippen LogP contribution is 2.20. The van der Waals surface area contributed by atoms with E-state index in [2.05, 4.69) is 20.6 Å². The van der Waals surface area contributed by atoms with Crippen LogP contribution in [-0.4, -0.2) is 74.9 Å². The molecule has 2 heterocycles. The molecule has 0 radical (unpaired) electrons. The molecule has 0 spiro atoms. The van der Waals surface area contributed by atoms with E-state index in [0.717, 1.165) is 5.69 Å². The molecule has 0 aliphatic carbocycles.